The van der Waals surface area contributed by atoms with E-state index in [-0.39, 0.29) is 5.91 Å². The smallest absolute Gasteiger partial charge is 0.280 e. The molecular formula is C24H19BrN2O2. The molecule has 0 unspecified atom stereocenters. The van der Waals surface area contributed by atoms with E-state index in [1.165, 1.54) is 5.01 Å². The van der Waals surface area contributed by atoms with Crippen LogP contribution in [0.25, 0.3) is 6.08 Å². The van der Waals surface area contributed by atoms with E-state index in [1.807, 2.05) is 91.9 Å². The summed E-state index contributed by atoms with van der Waals surface area (Å²) in [5.41, 5.74) is 4.02. The highest BCUT2D eigenvalue weighted by Gasteiger charge is 2.28. The Morgan fingerprint density at radius 3 is 2.52 bits per heavy atom. The van der Waals surface area contributed by atoms with Crippen molar-refractivity contribution in [2.75, 3.05) is 5.01 Å². The second-order valence-corrected chi connectivity index (χ2v) is 7.60. The van der Waals surface area contributed by atoms with Gasteiger partial charge in [0.25, 0.3) is 5.91 Å². The standard InChI is InChI=1S/C24H19BrN2O2/c1-17-23(24(28)27(26-17)21-7-3-2-4-8-21)15-19-6-5-9-22(14-19)29-16-18-10-12-20(25)13-11-18/h2-15H,16H2,1H3/b23-15+. The van der Waals surface area contributed by atoms with E-state index in [9.17, 15) is 4.79 Å². The van der Waals surface area contributed by atoms with Crippen molar-refractivity contribution in [2.24, 2.45) is 5.10 Å². The molecule has 0 saturated carbocycles. The molecule has 3 aromatic rings. The van der Waals surface area contributed by atoms with Crippen molar-refractivity contribution in [1.29, 1.82) is 0 Å². The minimum atomic E-state index is -0.130. The van der Waals surface area contributed by atoms with E-state index in [1.54, 1.807) is 0 Å². The van der Waals surface area contributed by atoms with Crippen molar-refractivity contribution in [3.8, 4) is 5.75 Å². The zero-order valence-corrected chi connectivity index (χ0v) is 17.5. The third kappa shape index (κ3) is 4.46. The molecule has 1 amide bonds. The summed E-state index contributed by atoms with van der Waals surface area (Å²) in [7, 11) is 0. The van der Waals surface area contributed by atoms with Crippen LogP contribution in [0.5, 0.6) is 5.75 Å². The second-order valence-electron chi connectivity index (χ2n) is 6.68. The van der Waals surface area contributed by atoms with Gasteiger partial charge in [-0.15, -0.1) is 0 Å². The fourth-order valence-electron chi connectivity index (χ4n) is 3.04. The molecular weight excluding hydrogens is 428 g/mol. The molecule has 144 valence electrons. The largest absolute Gasteiger partial charge is 0.489 e. The van der Waals surface area contributed by atoms with Crippen molar-refractivity contribution in [3.63, 3.8) is 0 Å². The first-order valence-electron chi connectivity index (χ1n) is 9.24. The molecule has 0 spiro atoms. The lowest BCUT2D eigenvalue weighted by Crippen LogP contribution is -2.21. The van der Waals surface area contributed by atoms with Crippen LogP contribution in [-0.4, -0.2) is 11.6 Å². The lowest BCUT2D eigenvalue weighted by atomic mass is 10.1. The van der Waals surface area contributed by atoms with Gasteiger partial charge in [-0.1, -0.05) is 58.4 Å². The van der Waals surface area contributed by atoms with Gasteiger partial charge in [-0.05, 0) is 60.5 Å². The summed E-state index contributed by atoms with van der Waals surface area (Å²) in [4.78, 5) is 12.9. The molecule has 0 bridgehead atoms. The summed E-state index contributed by atoms with van der Waals surface area (Å²) in [6, 6.07) is 25.2. The average Bonchev–Trinajstić information content (AvgIpc) is 3.03. The highest BCUT2D eigenvalue weighted by Crippen LogP contribution is 2.25. The molecule has 1 aliphatic rings. The fraction of sp³-hybridized carbons (Fsp3) is 0.0833. The van der Waals surface area contributed by atoms with Crippen molar-refractivity contribution >= 4 is 39.3 Å². The minimum Gasteiger partial charge on any atom is -0.489 e. The molecule has 5 heteroatoms. The van der Waals surface area contributed by atoms with E-state index in [0.29, 0.717) is 17.9 Å². The molecule has 1 heterocycles. The Balaban J connectivity index is 1.51. The number of hydrazone groups is 1. The molecule has 0 radical (unpaired) electrons. The molecule has 0 atom stereocenters. The second kappa shape index (κ2) is 8.45. The monoisotopic (exact) mass is 446 g/mol. The van der Waals surface area contributed by atoms with Crippen LogP contribution in [0.4, 0.5) is 5.69 Å². The van der Waals surface area contributed by atoms with Crippen molar-refractivity contribution < 1.29 is 9.53 Å². The minimum absolute atomic E-state index is 0.130. The summed E-state index contributed by atoms with van der Waals surface area (Å²) >= 11 is 3.43. The number of ether oxygens (including phenoxy) is 1. The molecule has 3 aromatic carbocycles. The maximum Gasteiger partial charge on any atom is 0.280 e. The summed E-state index contributed by atoms with van der Waals surface area (Å²) in [6.07, 6.45) is 1.86. The third-order valence-corrected chi connectivity index (χ3v) is 5.08. The molecule has 0 N–H and O–H groups in total. The first kappa shape index (κ1) is 19.2. The number of nitrogens with zero attached hydrogens (tertiary/aromatic N) is 2. The Morgan fingerprint density at radius 1 is 1.00 bits per heavy atom. The molecule has 4 nitrogen and oxygen atoms in total. The molecule has 0 aliphatic carbocycles. The number of hydrogen-bond donors (Lipinski definition) is 0. The van der Waals surface area contributed by atoms with Crippen LogP contribution in [-0.2, 0) is 11.4 Å². The quantitative estimate of drug-likeness (QED) is 0.462. The first-order chi connectivity index (χ1) is 14.1. The Labute approximate surface area is 178 Å². The van der Waals surface area contributed by atoms with E-state index in [2.05, 4.69) is 21.0 Å². The maximum absolute atomic E-state index is 12.9. The van der Waals surface area contributed by atoms with Gasteiger partial charge in [0, 0.05) is 4.47 Å². The van der Waals surface area contributed by atoms with Crippen LogP contribution in [0.2, 0.25) is 0 Å². The molecule has 0 fully saturated rings. The lowest BCUT2D eigenvalue weighted by molar-refractivity contribution is -0.114. The van der Waals surface area contributed by atoms with E-state index in [0.717, 1.165) is 27.0 Å². The zero-order chi connectivity index (χ0) is 20.2. The first-order valence-corrected chi connectivity index (χ1v) is 10.0. The van der Waals surface area contributed by atoms with E-state index in [4.69, 9.17) is 4.74 Å². The fourth-order valence-corrected chi connectivity index (χ4v) is 3.30. The van der Waals surface area contributed by atoms with Gasteiger partial charge >= 0.3 is 0 Å². The van der Waals surface area contributed by atoms with Crippen LogP contribution in [0, 0.1) is 0 Å². The highest BCUT2D eigenvalue weighted by molar-refractivity contribution is 9.10. The summed E-state index contributed by atoms with van der Waals surface area (Å²) in [6.45, 7) is 2.33. The summed E-state index contributed by atoms with van der Waals surface area (Å²) < 4.78 is 6.95. The van der Waals surface area contributed by atoms with Crippen LogP contribution in [0.3, 0.4) is 0 Å². The predicted molar refractivity (Wildman–Crippen MR) is 120 cm³/mol. The van der Waals surface area contributed by atoms with Crippen LogP contribution in [0.15, 0.2) is 94.0 Å². The SMILES string of the molecule is CC1=NN(c2ccccc2)C(=O)/C1=C/c1cccc(OCc2ccc(Br)cc2)c1. The Morgan fingerprint density at radius 2 is 1.76 bits per heavy atom. The highest BCUT2D eigenvalue weighted by atomic mass is 79.9. The number of carbonyl (C=O) groups excluding carboxylic acids is 1. The number of hydrogen-bond acceptors (Lipinski definition) is 3. The normalized spacial score (nSPS) is 15.0. The van der Waals surface area contributed by atoms with Gasteiger partial charge in [-0.25, -0.2) is 0 Å². The molecule has 0 saturated heterocycles. The van der Waals surface area contributed by atoms with Crippen molar-refractivity contribution in [2.45, 2.75) is 13.5 Å². The lowest BCUT2D eigenvalue weighted by Gasteiger charge is -2.11. The summed E-state index contributed by atoms with van der Waals surface area (Å²) in [5, 5.41) is 5.86. The third-order valence-electron chi connectivity index (χ3n) is 4.55. The number of carbonyl (C=O) groups is 1. The van der Waals surface area contributed by atoms with Crippen LogP contribution in [0.1, 0.15) is 18.1 Å². The van der Waals surface area contributed by atoms with Gasteiger partial charge in [0.2, 0.25) is 0 Å². The van der Waals surface area contributed by atoms with Gasteiger partial charge in [0.15, 0.2) is 0 Å². The molecule has 1 aliphatic heterocycles. The Kier molecular flexibility index (Phi) is 5.58. The van der Waals surface area contributed by atoms with Gasteiger partial charge in [-0.2, -0.15) is 10.1 Å². The Bertz CT molecular complexity index is 1090. The van der Waals surface area contributed by atoms with Gasteiger partial charge in [0.1, 0.15) is 12.4 Å². The van der Waals surface area contributed by atoms with Crippen molar-refractivity contribution in [1.82, 2.24) is 0 Å². The number of para-hydroxylation sites is 1. The van der Waals surface area contributed by atoms with E-state index >= 15 is 0 Å². The number of anilines is 1. The van der Waals surface area contributed by atoms with Gasteiger partial charge in [0.05, 0.1) is 17.0 Å². The summed E-state index contributed by atoms with van der Waals surface area (Å²) in [5.74, 6) is 0.622. The number of amides is 1. The maximum atomic E-state index is 12.9. The van der Waals surface area contributed by atoms with Crippen LogP contribution < -0.4 is 9.75 Å². The zero-order valence-electron chi connectivity index (χ0n) is 15.9. The van der Waals surface area contributed by atoms with Crippen LogP contribution >= 0.6 is 15.9 Å². The van der Waals surface area contributed by atoms with Gasteiger partial charge < -0.3 is 4.74 Å². The number of rotatable bonds is 5. The Hall–Kier alpha value is -3.18. The van der Waals surface area contributed by atoms with Crippen molar-refractivity contribution in [3.05, 3.63) is 100 Å². The predicted octanol–water partition coefficient (Wildman–Crippen LogP) is 5.83. The van der Waals surface area contributed by atoms with E-state index < -0.39 is 0 Å². The number of benzene rings is 3. The molecule has 4 rings (SSSR count). The molecule has 29 heavy (non-hydrogen) atoms. The average molecular weight is 447 g/mol. The topological polar surface area (TPSA) is 41.9 Å². The van der Waals surface area contributed by atoms with Gasteiger partial charge in [-0.3, -0.25) is 4.79 Å². The number of halogens is 1. The molecule has 0 aromatic heterocycles.